The van der Waals surface area contributed by atoms with Crippen LogP contribution in [0.15, 0.2) is 24.3 Å². The molecule has 1 aromatic carbocycles. The lowest BCUT2D eigenvalue weighted by Crippen LogP contribution is -2.17. The van der Waals surface area contributed by atoms with E-state index >= 15 is 0 Å². The van der Waals surface area contributed by atoms with Crippen molar-refractivity contribution in [3.8, 4) is 5.75 Å². The predicted molar refractivity (Wildman–Crippen MR) is 163 cm³/mol. The Labute approximate surface area is 226 Å². The fourth-order valence-corrected chi connectivity index (χ4v) is 5.10. The summed E-state index contributed by atoms with van der Waals surface area (Å²) in [6, 6.07) is 4.42. The van der Waals surface area contributed by atoms with Crippen LogP contribution < -0.4 is 0 Å². The molecule has 0 aromatic heterocycles. The molecule has 0 bridgehead atoms. The van der Waals surface area contributed by atoms with E-state index in [0.29, 0.717) is 5.75 Å². The van der Waals surface area contributed by atoms with Gasteiger partial charge in [0.1, 0.15) is 5.75 Å². The standard InChI is InChI=1S/C35H62O/c1-8-9-10-11-12-13-14-15-16-17-18-19-20-21-22-23-24-25-26-27-30-28-31(34(2,3)4)33(36)32(29-30)35(5,6)7/h25-26,28-29,36H,8-24,27H2,1-7H3. The monoisotopic (exact) mass is 498 g/mol. The van der Waals surface area contributed by atoms with Crippen LogP contribution in [0.1, 0.15) is 174 Å². The lowest BCUT2D eigenvalue weighted by atomic mass is 9.78. The van der Waals surface area contributed by atoms with E-state index in [1.165, 1.54) is 115 Å². The van der Waals surface area contributed by atoms with Gasteiger partial charge in [-0.3, -0.25) is 0 Å². The minimum Gasteiger partial charge on any atom is -0.507 e. The van der Waals surface area contributed by atoms with Gasteiger partial charge in [-0.25, -0.2) is 0 Å². The summed E-state index contributed by atoms with van der Waals surface area (Å²) in [5.74, 6) is 0.482. The van der Waals surface area contributed by atoms with E-state index in [1.54, 1.807) is 0 Å². The third kappa shape index (κ3) is 14.5. The highest BCUT2D eigenvalue weighted by atomic mass is 16.3. The van der Waals surface area contributed by atoms with Gasteiger partial charge >= 0.3 is 0 Å². The Bertz CT molecular complexity index is 678. The molecule has 1 aromatic rings. The predicted octanol–water partition coefficient (Wildman–Crippen LogP) is 11.7. The topological polar surface area (TPSA) is 20.2 Å². The zero-order chi connectivity index (χ0) is 26.9. The van der Waals surface area contributed by atoms with Gasteiger partial charge in [0.05, 0.1) is 0 Å². The summed E-state index contributed by atoms with van der Waals surface area (Å²) in [6.45, 7) is 15.4. The summed E-state index contributed by atoms with van der Waals surface area (Å²) in [7, 11) is 0. The fraction of sp³-hybridized carbons (Fsp3) is 0.771. The van der Waals surface area contributed by atoms with Gasteiger partial charge in [-0.1, -0.05) is 169 Å². The smallest absolute Gasteiger partial charge is 0.123 e. The summed E-state index contributed by atoms with van der Waals surface area (Å²) in [6.07, 6.45) is 29.6. The number of phenols is 1. The van der Waals surface area contributed by atoms with E-state index in [9.17, 15) is 5.11 Å². The zero-order valence-electron chi connectivity index (χ0n) is 25.5. The van der Waals surface area contributed by atoms with Crippen LogP contribution in [0, 0.1) is 0 Å². The molecule has 0 heterocycles. The molecule has 1 heteroatoms. The number of rotatable bonds is 19. The summed E-state index contributed by atoms with van der Waals surface area (Å²) in [4.78, 5) is 0. The molecule has 0 fully saturated rings. The molecule has 0 amide bonds. The summed E-state index contributed by atoms with van der Waals surface area (Å²) in [5.41, 5.74) is 3.33. The maximum Gasteiger partial charge on any atom is 0.123 e. The average Bonchev–Trinajstić information content (AvgIpc) is 2.80. The molecule has 1 rings (SSSR count). The second-order valence-corrected chi connectivity index (χ2v) is 13.3. The normalized spacial score (nSPS) is 12.6. The van der Waals surface area contributed by atoms with Crippen molar-refractivity contribution >= 4 is 0 Å². The van der Waals surface area contributed by atoms with Gasteiger partial charge in [0, 0.05) is 0 Å². The van der Waals surface area contributed by atoms with E-state index in [-0.39, 0.29) is 10.8 Å². The van der Waals surface area contributed by atoms with Crippen molar-refractivity contribution in [1.29, 1.82) is 0 Å². The van der Waals surface area contributed by atoms with E-state index in [4.69, 9.17) is 0 Å². The van der Waals surface area contributed by atoms with Gasteiger partial charge in [-0.15, -0.1) is 0 Å². The van der Waals surface area contributed by atoms with Gasteiger partial charge in [-0.2, -0.15) is 0 Å². The number of phenolic OH excluding ortho intramolecular Hbond substituents is 1. The fourth-order valence-electron chi connectivity index (χ4n) is 5.10. The second-order valence-electron chi connectivity index (χ2n) is 13.3. The third-order valence-corrected chi connectivity index (χ3v) is 7.53. The van der Waals surface area contributed by atoms with Crippen LogP contribution in [-0.4, -0.2) is 5.11 Å². The SMILES string of the molecule is CCCCCCCCCCCCCCCCCCC=CCc1cc(C(C)(C)C)c(O)c(C(C)(C)C)c1. The van der Waals surface area contributed by atoms with Gasteiger partial charge < -0.3 is 5.11 Å². The van der Waals surface area contributed by atoms with Crippen LogP contribution in [0.3, 0.4) is 0 Å². The largest absolute Gasteiger partial charge is 0.507 e. The molecular formula is C35H62O. The molecule has 208 valence electrons. The number of benzene rings is 1. The molecule has 1 nitrogen and oxygen atoms in total. The van der Waals surface area contributed by atoms with Gasteiger partial charge in [0.15, 0.2) is 0 Å². The highest BCUT2D eigenvalue weighted by Gasteiger charge is 2.26. The van der Waals surface area contributed by atoms with Crippen molar-refractivity contribution in [2.24, 2.45) is 0 Å². The Morgan fingerprint density at radius 2 is 0.917 bits per heavy atom. The molecule has 0 saturated heterocycles. The van der Waals surface area contributed by atoms with Gasteiger partial charge in [0.25, 0.3) is 0 Å². The number of unbranched alkanes of at least 4 members (excludes halogenated alkanes) is 16. The number of hydrogen-bond donors (Lipinski definition) is 1. The van der Waals surface area contributed by atoms with Crippen molar-refractivity contribution < 1.29 is 5.11 Å². The Morgan fingerprint density at radius 1 is 0.556 bits per heavy atom. The first-order chi connectivity index (χ1) is 17.1. The third-order valence-electron chi connectivity index (χ3n) is 7.53. The van der Waals surface area contributed by atoms with Crippen molar-refractivity contribution in [2.75, 3.05) is 0 Å². The van der Waals surface area contributed by atoms with E-state index in [0.717, 1.165) is 17.5 Å². The van der Waals surface area contributed by atoms with Crippen molar-refractivity contribution in [1.82, 2.24) is 0 Å². The molecule has 36 heavy (non-hydrogen) atoms. The van der Waals surface area contributed by atoms with E-state index in [1.807, 2.05) is 0 Å². The van der Waals surface area contributed by atoms with Crippen LogP contribution >= 0.6 is 0 Å². The molecule has 0 aliphatic rings. The Morgan fingerprint density at radius 3 is 1.28 bits per heavy atom. The molecular weight excluding hydrogens is 436 g/mol. The maximum atomic E-state index is 10.9. The highest BCUT2D eigenvalue weighted by molar-refractivity contribution is 5.50. The first-order valence-corrected chi connectivity index (χ1v) is 15.6. The van der Waals surface area contributed by atoms with Gasteiger partial charge in [0.2, 0.25) is 0 Å². The number of allylic oxidation sites excluding steroid dienone is 2. The van der Waals surface area contributed by atoms with Crippen LogP contribution in [0.25, 0.3) is 0 Å². The molecule has 0 aliphatic heterocycles. The quantitative estimate of drug-likeness (QED) is 0.148. The number of hydrogen-bond acceptors (Lipinski definition) is 1. The van der Waals surface area contributed by atoms with E-state index in [2.05, 4.69) is 72.8 Å². The first kappa shape index (κ1) is 32.8. The van der Waals surface area contributed by atoms with Gasteiger partial charge in [-0.05, 0) is 46.8 Å². The highest BCUT2D eigenvalue weighted by Crippen LogP contribution is 2.39. The summed E-state index contributed by atoms with van der Waals surface area (Å²) >= 11 is 0. The van der Waals surface area contributed by atoms with Crippen molar-refractivity contribution in [3.05, 3.63) is 41.0 Å². The molecule has 0 atom stereocenters. The lowest BCUT2D eigenvalue weighted by Gasteiger charge is -2.28. The minimum absolute atomic E-state index is 0.0582. The first-order valence-electron chi connectivity index (χ1n) is 15.6. The molecule has 1 N–H and O–H groups in total. The molecule has 0 aliphatic carbocycles. The van der Waals surface area contributed by atoms with Crippen LogP contribution in [-0.2, 0) is 17.3 Å². The van der Waals surface area contributed by atoms with Crippen LogP contribution in [0.4, 0.5) is 0 Å². The van der Waals surface area contributed by atoms with Crippen molar-refractivity contribution in [2.45, 2.75) is 175 Å². The maximum absolute atomic E-state index is 10.9. The molecule has 0 saturated carbocycles. The minimum atomic E-state index is -0.0582. The Hall–Kier alpha value is -1.24. The summed E-state index contributed by atoms with van der Waals surface area (Å²) in [5, 5.41) is 10.9. The molecule has 0 unspecified atom stereocenters. The van der Waals surface area contributed by atoms with Crippen molar-refractivity contribution in [3.63, 3.8) is 0 Å². The number of aromatic hydroxyl groups is 1. The second kappa shape index (κ2) is 18.1. The Kier molecular flexibility index (Phi) is 16.5. The Balaban J connectivity index is 2.14. The summed E-state index contributed by atoms with van der Waals surface area (Å²) < 4.78 is 0. The average molecular weight is 499 g/mol. The molecule has 0 spiro atoms. The van der Waals surface area contributed by atoms with E-state index < -0.39 is 0 Å². The molecule has 0 radical (unpaired) electrons. The zero-order valence-corrected chi connectivity index (χ0v) is 25.5. The van der Waals surface area contributed by atoms with Crippen LogP contribution in [0.2, 0.25) is 0 Å². The lowest BCUT2D eigenvalue weighted by molar-refractivity contribution is 0.423. The van der Waals surface area contributed by atoms with Crippen LogP contribution in [0.5, 0.6) is 5.75 Å².